The Morgan fingerprint density at radius 3 is 1.83 bits per heavy atom. The average molecular weight is 272 g/mol. The molecule has 100 valence electrons. The predicted octanol–water partition coefficient (Wildman–Crippen LogP) is 1.46. The van der Waals surface area contributed by atoms with E-state index >= 15 is 0 Å². The number of nitrogens with zero attached hydrogens (tertiary/aromatic N) is 2. The molecule has 1 aliphatic heterocycles. The summed E-state index contributed by atoms with van der Waals surface area (Å²) in [5.41, 5.74) is 0. The summed E-state index contributed by atoms with van der Waals surface area (Å²) in [7, 11) is 0. The number of hydrogen-bond donors (Lipinski definition) is 1. The van der Waals surface area contributed by atoms with Gasteiger partial charge in [0.15, 0.2) is 0 Å². The highest BCUT2D eigenvalue weighted by atomic mass is 32.1. The van der Waals surface area contributed by atoms with Crippen molar-refractivity contribution in [2.45, 2.75) is 5.25 Å². The molecule has 0 spiro atoms. The lowest BCUT2D eigenvalue weighted by Gasteiger charge is -2.25. The van der Waals surface area contributed by atoms with Gasteiger partial charge < -0.3 is 9.47 Å². The van der Waals surface area contributed by atoms with Crippen molar-refractivity contribution in [3.05, 3.63) is 25.3 Å². The number of amides is 2. The first-order valence-electron chi connectivity index (χ1n) is 5.38. The zero-order valence-corrected chi connectivity index (χ0v) is 10.8. The fraction of sp³-hybridized carbons (Fsp3) is 0.455. The summed E-state index contributed by atoms with van der Waals surface area (Å²) in [6.07, 6.45) is 1.66. The van der Waals surface area contributed by atoms with E-state index in [4.69, 9.17) is 9.47 Å². The van der Waals surface area contributed by atoms with Crippen LogP contribution in [-0.4, -0.2) is 53.8 Å². The normalized spacial score (nSPS) is 15.4. The zero-order valence-electron chi connectivity index (χ0n) is 9.95. The molecule has 1 rings (SSSR count). The van der Waals surface area contributed by atoms with Crippen molar-refractivity contribution in [2.24, 2.45) is 0 Å². The van der Waals surface area contributed by atoms with E-state index in [9.17, 15) is 9.59 Å². The highest BCUT2D eigenvalue weighted by molar-refractivity contribution is 7.81. The van der Waals surface area contributed by atoms with Gasteiger partial charge in [0, 0.05) is 5.25 Å². The first-order chi connectivity index (χ1) is 8.60. The van der Waals surface area contributed by atoms with E-state index in [-0.39, 0.29) is 18.5 Å². The fourth-order valence-electron chi connectivity index (χ4n) is 1.41. The quantitative estimate of drug-likeness (QED) is 0.622. The number of carbonyl (C=O) groups is 2. The molecular formula is C11H16N2O4S. The molecule has 0 saturated carbocycles. The summed E-state index contributed by atoms with van der Waals surface area (Å²) in [5.74, 6) is 0. The summed E-state index contributed by atoms with van der Waals surface area (Å²) >= 11 is 4.24. The number of ether oxygens (including phenoxy) is 2. The van der Waals surface area contributed by atoms with E-state index in [1.54, 1.807) is 0 Å². The number of rotatable bonds is 4. The summed E-state index contributed by atoms with van der Waals surface area (Å²) in [5, 5.41) is 2.22. The third-order valence-electron chi connectivity index (χ3n) is 2.13. The van der Waals surface area contributed by atoms with Gasteiger partial charge in [-0.15, -0.1) is 0 Å². The minimum Gasteiger partial charge on any atom is -0.444 e. The molecule has 0 aromatic carbocycles. The second-order valence-corrected chi connectivity index (χ2v) is 4.28. The van der Waals surface area contributed by atoms with E-state index in [1.165, 1.54) is 22.2 Å². The Hall–Kier alpha value is -1.63. The van der Waals surface area contributed by atoms with Crippen LogP contribution in [0.15, 0.2) is 25.3 Å². The van der Waals surface area contributed by atoms with Crippen LogP contribution < -0.4 is 0 Å². The average Bonchev–Trinajstić information content (AvgIpc) is 2.75. The maximum absolute atomic E-state index is 11.7. The van der Waals surface area contributed by atoms with Gasteiger partial charge in [0.2, 0.25) is 0 Å². The molecule has 0 atom stereocenters. The lowest BCUT2D eigenvalue weighted by molar-refractivity contribution is 0.0126. The standard InChI is InChI=1S/C11H16N2O4S/c1-3-5-16-10(14)12-7-9(18)8-13(12)11(15)17-6-4-2/h3-4,9,18H,1-2,5-8H2. The van der Waals surface area contributed by atoms with Crippen LogP contribution in [0.2, 0.25) is 0 Å². The van der Waals surface area contributed by atoms with Gasteiger partial charge in [-0.25, -0.2) is 19.6 Å². The molecule has 1 fully saturated rings. The molecule has 1 heterocycles. The van der Waals surface area contributed by atoms with Crippen LogP contribution in [0.25, 0.3) is 0 Å². The molecule has 1 aliphatic rings. The molecule has 0 N–H and O–H groups in total. The first kappa shape index (κ1) is 14.4. The minimum absolute atomic E-state index is 0.0854. The maximum atomic E-state index is 11.7. The molecule has 18 heavy (non-hydrogen) atoms. The van der Waals surface area contributed by atoms with Crippen molar-refractivity contribution < 1.29 is 19.1 Å². The molecule has 6 nitrogen and oxygen atoms in total. The van der Waals surface area contributed by atoms with Crippen LogP contribution in [0, 0.1) is 0 Å². The van der Waals surface area contributed by atoms with Crippen LogP contribution in [-0.2, 0) is 9.47 Å². The highest BCUT2D eigenvalue weighted by Gasteiger charge is 2.37. The highest BCUT2D eigenvalue weighted by Crippen LogP contribution is 2.17. The molecule has 0 unspecified atom stereocenters. The molecule has 0 bridgehead atoms. The van der Waals surface area contributed by atoms with Crippen LogP contribution in [0.1, 0.15) is 0 Å². The third kappa shape index (κ3) is 3.69. The van der Waals surface area contributed by atoms with Crippen LogP contribution in [0.5, 0.6) is 0 Å². The largest absolute Gasteiger partial charge is 0.444 e. The summed E-state index contributed by atoms with van der Waals surface area (Å²) in [4.78, 5) is 23.4. The van der Waals surface area contributed by atoms with E-state index in [2.05, 4.69) is 25.8 Å². The molecule has 0 aromatic heterocycles. The van der Waals surface area contributed by atoms with Crippen molar-refractivity contribution in [3.8, 4) is 0 Å². The molecule has 7 heteroatoms. The molecule has 0 aliphatic carbocycles. The van der Waals surface area contributed by atoms with Gasteiger partial charge in [0.05, 0.1) is 13.1 Å². The lowest BCUT2D eigenvalue weighted by atomic mass is 10.4. The maximum Gasteiger partial charge on any atom is 0.429 e. The predicted molar refractivity (Wildman–Crippen MR) is 69.3 cm³/mol. The fourth-order valence-corrected chi connectivity index (χ4v) is 1.72. The van der Waals surface area contributed by atoms with Crippen LogP contribution in [0.4, 0.5) is 9.59 Å². The molecule has 0 radical (unpaired) electrons. The number of hydrazine groups is 1. The Kier molecular flexibility index (Phi) is 5.57. The Balaban J connectivity index is 2.63. The van der Waals surface area contributed by atoms with E-state index in [1.807, 2.05) is 0 Å². The topological polar surface area (TPSA) is 59.1 Å². The van der Waals surface area contributed by atoms with Gasteiger partial charge in [-0.1, -0.05) is 25.3 Å². The Labute approximate surface area is 111 Å². The van der Waals surface area contributed by atoms with Crippen molar-refractivity contribution in [1.29, 1.82) is 0 Å². The second-order valence-electron chi connectivity index (χ2n) is 3.55. The summed E-state index contributed by atoms with van der Waals surface area (Å²) in [6, 6.07) is 0. The monoisotopic (exact) mass is 272 g/mol. The Morgan fingerprint density at radius 2 is 1.50 bits per heavy atom. The zero-order chi connectivity index (χ0) is 13.5. The van der Waals surface area contributed by atoms with Crippen molar-refractivity contribution >= 4 is 24.8 Å². The van der Waals surface area contributed by atoms with E-state index in [0.717, 1.165) is 0 Å². The van der Waals surface area contributed by atoms with Gasteiger partial charge in [-0.3, -0.25) is 0 Å². The Bertz CT molecular complexity index is 316. The molecular weight excluding hydrogens is 256 g/mol. The first-order valence-corrected chi connectivity index (χ1v) is 5.90. The van der Waals surface area contributed by atoms with Crippen LogP contribution in [0.3, 0.4) is 0 Å². The van der Waals surface area contributed by atoms with Gasteiger partial charge >= 0.3 is 12.2 Å². The van der Waals surface area contributed by atoms with E-state index < -0.39 is 12.2 Å². The van der Waals surface area contributed by atoms with Gasteiger partial charge in [0.1, 0.15) is 13.2 Å². The second kappa shape index (κ2) is 6.95. The van der Waals surface area contributed by atoms with Crippen molar-refractivity contribution in [3.63, 3.8) is 0 Å². The third-order valence-corrected chi connectivity index (χ3v) is 2.46. The smallest absolute Gasteiger partial charge is 0.429 e. The molecule has 0 aromatic rings. The minimum atomic E-state index is -0.623. The van der Waals surface area contributed by atoms with Gasteiger partial charge in [-0.05, 0) is 0 Å². The van der Waals surface area contributed by atoms with Gasteiger partial charge in [-0.2, -0.15) is 12.6 Å². The Morgan fingerprint density at radius 1 is 1.11 bits per heavy atom. The SMILES string of the molecule is C=CCOC(=O)N1CC(S)CN1C(=O)OCC=C. The molecule has 1 saturated heterocycles. The summed E-state index contributed by atoms with van der Waals surface area (Å²) in [6.45, 7) is 7.64. The van der Waals surface area contributed by atoms with Crippen molar-refractivity contribution in [1.82, 2.24) is 10.0 Å². The van der Waals surface area contributed by atoms with Crippen molar-refractivity contribution in [2.75, 3.05) is 26.3 Å². The lowest BCUT2D eigenvalue weighted by Crippen LogP contribution is -2.45. The molecule has 2 amide bonds. The number of thiol groups is 1. The summed E-state index contributed by atoms with van der Waals surface area (Å²) < 4.78 is 9.75. The number of carbonyl (C=O) groups excluding carboxylic acids is 2. The van der Waals surface area contributed by atoms with Crippen LogP contribution >= 0.6 is 12.6 Å². The number of hydrogen-bond acceptors (Lipinski definition) is 5. The van der Waals surface area contributed by atoms with Gasteiger partial charge in [0.25, 0.3) is 0 Å². The van der Waals surface area contributed by atoms with E-state index in [0.29, 0.717) is 13.1 Å².